The van der Waals surface area contributed by atoms with Crippen LogP contribution >= 0.6 is 0 Å². The molecule has 0 amide bonds. The van der Waals surface area contributed by atoms with Crippen molar-refractivity contribution >= 4 is 15.0 Å². The van der Waals surface area contributed by atoms with Crippen LogP contribution in [0.5, 0.6) is 0 Å². The van der Waals surface area contributed by atoms with Crippen LogP contribution in [0.3, 0.4) is 0 Å². The Morgan fingerprint density at radius 3 is 2.43 bits per heavy atom. The Balaban J connectivity index is 1.37. The Labute approximate surface area is 177 Å². The fourth-order valence-electron chi connectivity index (χ4n) is 8.57. The molecule has 4 saturated carbocycles. The van der Waals surface area contributed by atoms with Gasteiger partial charge in [-0.15, -0.1) is 0 Å². The summed E-state index contributed by atoms with van der Waals surface area (Å²) in [6.45, 7) is 8.93. The summed E-state index contributed by atoms with van der Waals surface area (Å²) < 4.78 is 12.2. The predicted molar refractivity (Wildman–Crippen MR) is 112 cm³/mol. The van der Waals surface area contributed by atoms with Gasteiger partial charge in [0.1, 0.15) is 0 Å². The van der Waals surface area contributed by atoms with E-state index < -0.39 is 0 Å². The molecular formula is C24H40O3Se. The van der Waals surface area contributed by atoms with Gasteiger partial charge < -0.3 is 0 Å². The van der Waals surface area contributed by atoms with Crippen molar-refractivity contribution in [3.63, 3.8) is 0 Å². The molecule has 0 bridgehead atoms. The molecule has 7 atom stereocenters. The minimum atomic E-state index is -0.376. The Bertz CT molecular complexity index is 605. The van der Waals surface area contributed by atoms with Gasteiger partial charge in [-0.3, -0.25) is 0 Å². The monoisotopic (exact) mass is 456 g/mol. The molecule has 4 aliphatic carbocycles. The first-order valence-electron chi connectivity index (χ1n) is 11.9. The predicted octanol–water partition coefficient (Wildman–Crippen LogP) is 5.06. The molecule has 0 aromatic rings. The quantitative estimate of drug-likeness (QED) is 0.605. The molecule has 5 rings (SSSR count). The van der Waals surface area contributed by atoms with E-state index in [9.17, 15) is 5.11 Å². The van der Waals surface area contributed by atoms with Crippen LogP contribution in [0, 0.1) is 34.5 Å². The number of hydrogen-bond acceptors (Lipinski definition) is 3. The van der Waals surface area contributed by atoms with Crippen LogP contribution in [0.15, 0.2) is 0 Å². The van der Waals surface area contributed by atoms with E-state index >= 15 is 0 Å². The van der Waals surface area contributed by atoms with Crippen LogP contribution < -0.4 is 0 Å². The number of aliphatic hydroxyl groups is 1. The number of rotatable bonds is 3. The summed E-state index contributed by atoms with van der Waals surface area (Å²) in [6, 6.07) is 0. The molecule has 5 fully saturated rings. The Morgan fingerprint density at radius 2 is 1.68 bits per heavy atom. The second kappa shape index (κ2) is 6.95. The fourth-order valence-corrected chi connectivity index (χ4v) is 10.7. The summed E-state index contributed by atoms with van der Waals surface area (Å²) >= 11 is 0.603. The van der Waals surface area contributed by atoms with Gasteiger partial charge in [0.15, 0.2) is 0 Å². The number of hydrogen-bond donors (Lipinski definition) is 1. The van der Waals surface area contributed by atoms with Gasteiger partial charge in [-0.25, -0.2) is 0 Å². The van der Waals surface area contributed by atoms with Gasteiger partial charge in [0, 0.05) is 0 Å². The van der Waals surface area contributed by atoms with E-state index in [4.69, 9.17) is 9.47 Å². The van der Waals surface area contributed by atoms with E-state index in [1.165, 1.54) is 43.8 Å². The van der Waals surface area contributed by atoms with Crippen LogP contribution in [-0.2, 0) is 9.47 Å². The SMILES string of the molecule is CC[Se]C[C@]1(O)CCC2C3CC[C@H]4CC5(CC[C@]4(C)C3CC[C@@]21C)OCCO5. The third-order valence-corrected chi connectivity index (χ3v) is 12.6. The van der Waals surface area contributed by atoms with Crippen LogP contribution in [0.1, 0.15) is 78.6 Å². The van der Waals surface area contributed by atoms with Gasteiger partial charge in [0.25, 0.3) is 0 Å². The molecule has 0 aromatic heterocycles. The van der Waals surface area contributed by atoms with Crippen molar-refractivity contribution in [2.75, 3.05) is 13.2 Å². The number of fused-ring (bicyclic) bond motifs is 5. The number of ether oxygens (including phenoxy) is 2. The van der Waals surface area contributed by atoms with Gasteiger partial charge in [-0.05, 0) is 0 Å². The summed E-state index contributed by atoms with van der Waals surface area (Å²) in [7, 11) is 0. The second-order valence-corrected chi connectivity index (χ2v) is 13.8. The maximum atomic E-state index is 11.7. The van der Waals surface area contributed by atoms with Crippen molar-refractivity contribution < 1.29 is 14.6 Å². The molecule has 1 spiro atoms. The Kier molecular flexibility index (Phi) is 5.04. The third-order valence-electron chi connectivity index (χ3n) is 10.3. The molecule has 1 heterocycles. The molecule has 3 unspecified atom stereocenters. The van der Waals surface area contributed by atoms with Crippen molar-refractivity contribution in [2.45, 2.75) is 101 Å². The summed E-state index contributed by atoms with van der Waals surface area (Å²) in [5.74, 6) is 2.95. The molecule has 160 valence electrons. The average Bonchev–Trinajstić information content (AvgIpc) is 3.24. The van der Waals surface area contributed by atoms with Gasteiger partial charge >= 0.3 is 178 Å². The summed E-state index contributed by atoms with van der Waals surface area (Å²) in [5.41, 5.74) is 0.249. The molecule has 5 aliphatic rings. The Morgan fingerprint density at radius 1 is 0.929 bits per heavy atom. The molecule has 0 radical (unpaired) electrons. The summed E-state index contributed by atoms with van der Waals surface area (Å²) in [5, 5.41) is 14.0. The van der Waals surface area contributed by atoms with Crippen LogP contribution in [0.25, 0.3) is 0 Å². The topological polar surface area (TPSA) is 38.7 Å². The second-order valence-electron chi connectivity index (χ2n) is 11.1. The molecule has 1 aliphatic heterocycles. The maximum absolute atomic E-state index is 11.7. The average molecular weight is 456 g/mol. The van der Waals surface area contributed by atoms with Crippen LogP contribution in [0.4, 0.5) is 0 Å². The molecule has 1 N–H and O–H groups in total. The fraction of sp³-hybridized carbons (Fsp3) is 1.00. The molecule has 3 nitrogen and oxygen atoms in total. The molecule has 0 aromatic carbocycles. The van der Waals surface area contributed by atoms with Gasteiger partial charge in [0.2, 0.25) is 0 Å². The molecular weight excluding hydrogens is 415 g/mol. The van der Waals surface area contributed by atoms with E-state index in [0.717, 1.165) is 61.5 Å². The zero-order chi connectivity index (χ0) is 19.6. The summed E-state index contributed by atoms with van der Waals surface area (Å²) in [4.78, 5) is 0. The van der Waals surface area contributed by atoms with Crippen LogP contribution in [0.2, 0.25) is 10.6 Å². The molecule has 28 heavy (non-hydrogen) atoms. The van der Waals surface area contributed by atoms with Gasteiger partial charge in [-0.2, -0.15) is 0 Å². The zero-order valence-electron chi connectivity index (χ0n) is 18.2. The normalized spacial score (nSPS) is 52.3. The minimum absolute atomic E-state index is 0.168. The van der Waals surface area contributed by atoms with Crippen molar-refractivity contribution in [3.05, 3.63) is 0 Å². The third kappa shape index (κ3) is 2.77. The molecule has 4 heteroatoms. The van der Waals surface area contributed by atoms with E-state index in [1.54, 1.807) is 0 Å². The van der Waals surface area contributed by atoms with Crippen molar-refractivity contribution in [3.8, 4) is 0 Å². The van der Waals surface area contributed by atoms with E-state index in [-0.39, 0.29) is 16.8 Å². The molecule has 1 saturated heterocycles. The first-order valence-corrected chi connectivity index (χ1v) is 14.4. The van der Waals surface area contributed by atoms with E-state index in [1.807, 2.05) is 0 Å². The van der Waals surface area contributed by atoms with Crippen molar-refractivity contribution in [1.29, 1.82) is 0 Å². The Hall–Kier alpha value is 0.399. The van der Waals surface area contributed by atoms with Gasteiger partial charge in [-0.1, -0.05) is 0 Å². The van der Waals surface area contributed by atoms with E-state index in [0.29, 0.717) is 20.4 Å². The van der Waals surface area contributed by atoms with Crippen molar-refractivity contribution in [2.24, 2.45) is 34.5 Å². The van der Waals surface area contributed by atoms with Crippen molar-refractivity contribution in [1.82, 2.24) is 0 Å². The first-order chi connectivity index (χ1) is 13.4. The zero-order valence-corrected chi connectivity index (χ0v) is 19.9. The summed E-state index contributed by atoms with van der Waals surface area (Å²) in [6.07, 6.45) is 11.1. The van der Waals surface area contributed by atoms with Crippen LogP contribution in [-0.4, -0.2) is 44.7 Å². The van der Waals surface area contributed by atoms with Gasteiger partial charge in [0.05, 0.1) is 0 Å². The van der Waals surface area contributed by atoms with E-state index in [2.05, 4.69) is 20.8 Å². The first kappa shape index (κ1) is 20.3. The standard InChI is InChI=1S/C24H40O3Se/c1-4-28-16-23(25)10-8-20-18-6-5-17-15-24(26-13-14-27-24)12-11-21(17,2)19(18)7-9-22(20,23)3/h17-20,25H,4-16H2,1-3H3/t17-,18?,19?,20?,21-,22-,23+/m0/s1.